The molecule has 8 amide bonds. The van der Waals surface area contributed by atoms with Crippen molar-refractivity contribution in [2.45, 2.75) is 220 Å². The number of hydrogen-bond acceptors (Lipinski definition) is 29. The number of aliphatic hydroxyl groups is 4. The van der Waals surface area contributed by atoms with Gasteiger partial charge in [0.1, 0.15) is 60.7 Å². The van der Waals surface area contributed by atoms with Gasteiger partial charge in [-0.05, 0) is 103 Å². The number of ketones is 2. The van der Waals surface area contributed by atoms with Crippen LogP contribution >= 0.6 is 0 Å². The quantitative estimate of drug-likeness (QED) is 0.00884. The first-order valence-corrected chi connectivity index (χ1v) is 38.5. The normalized spacial score (nSPS) is 20.7. The molecule has 0 bridgehead atoms. The lowest BCUT2D eigenvalue weighted by atomic mass is 9.89. The van der Waals surface area contributed by atoms with E-state index in [1.807, 2.05) is 0 Å². The monoisotopic (exact) mass is 1700 g/mol. The lowest BCUT2D eigenvalue weighted by Crippen LogP contribution is -2.68. The first-order valence-electron chi connectivity index (χ1n) is 38.5. The summed E-state index contributed by atoms with van der Waals surface area (Å²) in [5.41, 5.74) is 101. The molecule has 53 heteroatoms. The molecular weight excluding hydrogens is 1570 g/mol. The number of carbonyl (C=O) groups excluding carboxylic acids is 10. The summed E-state index contributed by atoms with van der Waals surface area (Å²) in [6.07, 6.45) is -11.4. The summed E-state index contributed by atoms with van der Waals surface area (Å²) in [6, 6.07) is -14.9. The van der Waals surface area contributed by atoms with Crippen molar-refractivity contribution in [1.82, 2.24) is 53.4 Å². The molecule has 2 aliphatic heterocycles. The van der Waals surface area contributed by atoms with Crippen molar-refractivity contribution in [1.29, 1.82) is 0 Å². The largest absolute Gasteiger partial charge is 0.394 e. The van der Waals surface area contributed by atoms with Crippen molar-refractivity contribution in [3.05, 3.63) is 0 Å². The Bertz CT molecular complexity index is 3450. The van der Waals surface area contributed by atoms with Crippen molar-refractivity contribution < 1.29 is 87.3 Å². The number of aliphatic hydroxyl groups excluding tert-OH is 4. The molecule has 0 aromatic carbocycles. The van der Waals surface area contributed by atoms with Crippen molar-refractivity contribution in [3.63, 3.8) is 0 Å². The Balaban J connectivity index is 2.79. The van der Waals surface area contributed by atoms with Crippen LogP contribution in [0.3, 0.4) is 0 Å². The number of guanidine groups is 8. The number of nitrogens with zero attached hydrogens (tertiary/aromatic N) is 8. The zero-order valence-corrected chi connectivity index (χ0v) is 67.4. The highest BCUT2D eigenvalue weighted by Crippen LogP contribution is 2.31. The molecule has 2 fully saturated rings. The number of nitrogens with one attached hydrogen (secondary N) is 10. The molecule has 2 heterocycles. The van der Waals surface area contributed by atoms with E-state index in [2.05, 4.69) is 93.3 Å². The second-order valence-electron chi connectivity index (χ2n) is 27.8. The molecular formula is C66H129N35O18. The molecule has 2 aliphatic rings. The fourth-order valence-electron chi connectivity index (χ4n) is 12.0. The van der Waals surface area contributed by atoms with E-state index < -0.39 is 188 Å². The Kier molecular flexibility index (Phi) is 49.1. The van der Waals surface area contributed by atoms with Crippen LogP contribution in [-0.4, -0.2) is 310 Å². The molecule has 0 aliphatic carbocycles. The van der Waals surface area contributed by atoms with E-state index in [1.165, 1.54) is 7.11 Å². The van der Waals surface area contributed by atoms with Crippen LogP contribution in [0.15, 0.2) is 39.9 Å². The number of rotatable bonds is 58. The van der Waals surface area contributed by atoms with Gasteiger partial charge in [0.05, 0.1) is 50.0 Å². The fraction of sp³-hybridized carbons (Fsp3) is 0.727. The summed E-state index contributed by atoms with van der Waals surface area (Å²) in [6.45, 7) is 0.00875. The molecule has 0 aromatic heterocycles. The summed E-state index contributed by atoms with van der Waals surface area (Å²) < 4.78 is 23.3. The van der Waals surface area contributed by atoms with Crippen LogP contribution in [0.4, 0.5) is 0 Å². The van der Waals surface area contributed by atoms with Crippen LogP contribution in [0.1, 0.15) is 117 Å². The van der Waals surface area contributed by atoms with E-state index in [0.29, 0.717) is 0 Å². The van der Waals surface area contributed by atoms with Gasteiger partial charge in [-0.15, -0.1) is 0 Å². The van der Waals surface area contributed by atoms with E-state index in [9.17, 15) is 58.8 Å². The standard InChI is InChI=1S/C66H129N35O18/c1-31-44(67)57(117-41(29-102)46(31)106)119-50-45(58(116-3)118-42(30-103)49(50)109)99-43(105)28-92-35(14-6-22-86-61(72)73)51(110)94-37(16-8-24-88-63(76)77)53(112)96-39(18-10-26-90-65(80)81)55(114)98-40(19-11-27-91-66(82)83)56(115)97-38(17-9-25-89-64(78)79)54(113)95-36(15-7-23-87-62(74)75)52(111)93-33(12-4-20-84-59(68)69)47(107)48(108)34(101-100-32(2)104)13-5-21-85-60(70)71/h31,33-42,44-46,49-50,57-58,92,101-103,106,109H,4-30,67H2,1-3H3,(H,93,111)(H,94,110)(H,95,113)(H,96,112)(H,97,115)(H,98,114)(H,99,105)(H,100,104)(H4,68,69,84)(H4,70,71,85)(H4,72,73,86)(H4,74,75,87)(H4,76,77,88)(H4,78,79,89)(H4,80,81,90)(H4,82,83,91)/t31?,33?,34-,35?,36-,37-,38?,39?,40-,41?,42?,44?,45?,46?,49?,50?,57?,58?/m0/s1. The average Bonchev–Trinajstić information content (AvgIpc) is 0.780. The first-order chi connectivity index (χ1) is 56.2. The maximum Gasteiger partial charge on any atom is 0.243 e. The maximum atomic E-state index is 15.0. The Morgan fingerprint density at radius 2 is 0.664 bits per heavy atom. The molecule has 0 spiro atoms. The predicted octanol–water partition coefficient (Wildman–Crippen LogP) is -15.9. The Morgan fingerprint density at radius 3 is 0.966 bits per heavy atom. The van der Waals surface area contributed by atoms with Gasteiger partial charge in [0.15, 0.2) is 60.3 Å². The van der Waals surface area contributed by atoms with Gasteiger partial charge in [-0.2, -0.15) is 0 Å². The molecule has 0 saturated carbocycles. The Morgan fingerprint density at radius 1 is 0.395 bits per heavy atom. The second kappa shape index (κ2) is 56.3. The van der Waals surface area contributed by atoms with Crippen molar-refractivity contribution in [3.8, 4) is 0 Å². The van der Waals surface area contributed by atoms with E-state index in [4.69, 9.17) is 116 Å². The lowest BCUT2D eigenvalue weighted by Gasteiger charge is -2.48. The zero-order chi connectivity index (χ0) is 89.4. The van der Waals surface area contributed by atoms with E-state index in [-0.39, 0.29) is 203 Å². The van der Waals surface area contributed by atoms with Crippen LogP contribution in [0.5, 0.6) is 0 Å². The highest BCUT2D eigenvalue weighted by atomic mass is 16.7. The molecule has 18 atom stereocenters. The molecule has 2 saturated heterocycles. The third-order valence-electron chi connectivity index (χ3n) is 18.2. The van der Waals surface area contributed by atoms with Gasteiger partial charge in [0.25, 0.3) is 0 Å². The average molecular weight is 1700 g/mol. The highest BCUT2D eigenvalue weighted by molar-refractivity contribution is 6.41. The summed E-state index contributed by atoms with van der Waals surface area (Å²) in [4.78, 5) is 176. The van der Waals surface area contributed by atoms with Crippen LogP contribution in [0, 0.1) is 5.92 Å². The van der Waals surface area contributed by atoms with E-state index in [1.54, 1.807) is 6.92 Å². The van der Waals surface area contributed by atoms with Crippen LogP contribution in [0.2, 0.25) is 0 Å². The highest BCUT2D eigenvalue weighted by Gasteiger charge is 2.51. The van der Waals surface area contributed by atoms with Crippen molar-refractivity contribution >= 4 is 107 Å². The fourth-order valence-corrected chi connectivity index (χ4v) is 12.0. The van der Waals surface area contributed by atoms with E-state index in [0.717, 1.165) is 6.92 Å². The van der Waals surface area contributed by atoms with Gasteiger partial charge in [-0.1, -0.05) is 6.92 Å². The number of carbonyl (C=O) groups is 10. The number of nitrogens with two attached hydrogens (primary N) is 17. The number of hydrazine groups is 1. The smallest absolute Gasteiger partial charge is 0.243 e. The SMILES string of the molecule is COC1OC(CO)C(O)C(OC2OC(CO)C(O)C(C)C2N)C1NC(=O)CNC(CCCN=C(N)N)C(=O)N[C@@H](CCCN=C(N)N)C(=O)NC(CCCN=C(N)N)C(=O)N[C@@H](CCCN=C(N)N)C(=O)NC(CCCN=C(N)N)C(=O)N[C@@H](CCCN=C(N)N)C(=O)NC(CCCN=C(N)N)C(=O)C(=O)[C@H](CCCN=C(N)N)NNC(C)=O. The van der Waals surface area contributed by atoms with E-state index >= 15 is 9.59 Å². The predicted molar refractivity (Wildman–Crippen MR) is 438 cm³/mol. The molecule has 0 radical (unpaired) electrons. The molecule has 119 heavy (non-hydrogen) atoms. The third kappa shape index (κ3) is 41.2. The summed E-state index contributed by atoms with van der Waals surface area (Å²) in [5.74, 6) is -13.0. The molecule has 14 unspecified atom stereocenters. The molecule has 2 rings (SSSR count). The van der Waals surface area contributed by atoms with Crippen LogP contribution in [0.25, 0.3) is 0 Å². The molecule has 48 N–H and O–H groups in total. The molecule has 53 nitrogen and oxygen atoms in total. The van der Waals surface area contributed by atoms with Gasteiger partial charge in [-0.25, -0.2) is 5.43 Å². The van der Waals surface area contributed by atoms with Crippen molar-refractivity contribution in [2.75, 3.05) is 79.2 Å². The minimum absolute atomic E-state index is 0.000701. The van der Waals surface area contributed by atoms with Gasteiger partial charge in [0.2, 0.25) is 58.8 Å². The number of Topliss-reactive ketones (excluding diaryl/α,β-unsaturated/α-hetero) is 2. The maximum absolute atomic E-state index is 15.0. The van der Waals surface area contributed by atoms with Gasteiger partial charge in [-0.3, -0.25) is 98.6 Å². The molecule has 0 aromatic rings. The topological polar surface area (TPSA) is 950 Å². The Hall–Kier alpha value is -11.2. The van der Waals surface area contributed by atoms with Gasteiger partial charge >= 0.3 is 0 Å². The number of amides is 8. The lowest BCUT2D eigenvalue weighted by molar-refractivity contribution is -0.319. The minimum atomic E-state index is -1.69. The van der Waals surface area contributed by atoms with Gasteiger partial charge in [0, 0.05) is 72.3 Å². The summed E-state index contributed by atoms with van der Waals surface area (Å²) in [5, 5.41) is 63.7. The zero-order valence-electron chi connectivity index (χ0n) is 67.4. The first kappa shape index (κ1) is 104. The van der Waals surface area contributed by atoms with Gasteiger partial charge < -0.3 is 174 Å². The number of hydrogen-bond donors (Lipinski definition) is 31. The summed E-state index contributed by atoms with van der Waals surface area (Å²) >= 11 is 0. The third-order valence-corrected chi connectivity index (χ3v) is 18.2. The second-order valence-corrected chi connectivity index (χ2v) is 27.8. The molecule has 676 valence electrons. The number of aliphatic imine (C=N–C) groups is 8. The number of methoxy groups -OCH3 is 1. The number of ether oxygens (including phenoxy) is 4. The minimum Gasteiger partial charge on any atom is -0.394 e. The van der Waals surface area contributed by atoms with Crippen LogP contribution in [-0.2, 0) is 66.9 Å². The Labute approximate surface area is 687 Å². The van der Waals surface area contributed by atoms with Crippen molar-refractivity contribution in [2.24, 2.45) is 143 Å². The van der Waals surface area contributed by atoms with Crippen LogP contribution < -0.4 is 151 Å². The summed E-state index contributed by atoms with van der Waals surface area (Å²) in [7, 11) is 1.21.